The summed E-state index contributed by atoms with van der Waals surface area (Å²) in [5.41, 5.74) is 2.69. The largest absolute Gasteiger partial charge is 0.305 e. The van der Waals surface area contributed by atoms with E-state index in [0.29, 0.717) is 5.56 Å². The minimum absolute atomic E-state index is 0.307. The van der Waals surface area contributed by atoms with Crippen LogP contribution >= 0.6 is 0 Å². The maximum atomic E-state index is 13.5. The number of hydrogen-bond donors (Lipinski definition) is 0. The number of hydrogen-bond acceptors (Lipinski definition) is 3. The number of aliphatic imine (C=N–C) groups is 1. The van der Waals surface area contributed by atoms with Crippen molar-refractivity contribution in [3.05, 3.63) is 87.7 Å². The molecule has 4 rings (SSSR count). The fraction of sp³-hybridized carbons (Fsp3) is 0.136. The van der Waals surface area contributed by atoms with Crippen LogP contribution in [0.25, 0.3) is 16.8 Å². The maximum absolute atomic E-state index is 13.5. The zero-order valence-corrected chi connectivity index (χ0v) is 14.9. The number of nitro groups is 1. The second kappa shape index (κ2) is 6.13. The van der Waals surface area contributed by atoms with Crippen LogP contribution in [0.4, 0.5) is 15.8 Å². The second-order valence-electron chi connectivity index (χ2n) is 7.10. The Hall–Kier alpha value is -3.34. The zero-order chi connectivity index (χ0) is 19.2. The molecule has 0 fully saturated rings. The van der Waals surface area contributed by atoms with Gasteiger partial charge < -0.3 is 0 Å². The Bertz CT molecular complexity index is 1150. The predicted molar refractivity (Wildman–Crippen MR) is 106 cm³/mol. The fourth-order valence-corrected chi connectivity index (χ4v) is 3.60. The normalized spacial score (nSPS) is 15.1. The van der Waals surface area contributed by atoms with Crippen LogP contribution in [0, 0.1) is 15.9 Å². The van der Waals surface area contributed by atoms with Crippen molar-refractivity contribution in [1.82, 2.24) is 0 Å². The average Bonchev–Trinajstić information content (AvgIpc) is 2.91. The highest BCUT2D eigenvalue weighted by Gasteiger charge is 2.35. The Kier molecular flexibility index (Phi) is 3.88. The lowest BCUT2D eigenvalue weighted by molar-refractivity contribution is -0.387. The van der Waals surface area contributed by atoms with Gasteiger partial charge in [-0.1, -0.05) is 56.3 Å². The van der Waals surface area contributed by atoms with Crippen molar-refractivity contribution in [3.8, 4) is 0 Å². The minimum atomic E-state index is -0.838. The topological polar surface area (TPSA) is 55.5 Å². The van der Waals surface area contributed by atoms with Crippen molar-refractivity contribution >= 4 is 33.9 Å². The van der Waals surface area contributed by atoms with Crippen LogP contribution in [-0.4, -0.2) is 10.6 Å². The molecule has 3 aromatic carbocycles. The van der Waals surface area contributed by atoms with Crippen LogP contribution in [0.2, 0.25) is 0 Å². The van der Waals surface area contributed by atoms with Crippen LogP contribution in [0.5, 0.6) is 0 Å². The van der Waals surface area contributed by atoms with E-state index in [1.165, 1.54) is 28.5 Å². The summed E-state index contributed by atoms with van der Waals surface area (Å²) in [4.78, 5) is 15.0. The lowest BCUT2D eigenvalue weighted by Gasteiger charge is -2.22. The molecule has 0 bridgehead atoms. The lowest BCUT2D eigenvalue weighted by atomic mass is 9.79. The summed E-state index contributed by atoms with van der Waals surface area (Å²) < 4.78 is 13.5. The molecule has 0 aromatic heterocycles. The minimum Gasteiger partial charge on any atom is -0.258 e. The molecule has 1 heterocycles. The highest BCUT2D eigenvalue weighted by molar-refractivity contribution is 6.13. The summed E-state index contributed by atoms with van der Waals surface area (Å²) in [6.45, 7) is 4.23. The average molecular weight is 360 g/mol. The smallest absolute Gasteiger partial charge is 0.258 e. The zero-order valence-electron chi connectivity index (χ0n) is 14.9. The summed E-state index contributed by atoms with van der Waals surface area (Å²) in [6.07, 6.45) is 3.59. The van der Waals surface area contributed by atoms with Gasteiger partial charge in [-0.2, -0.15) is 4.39 Å². The Morgan fingerprint density at radius 2 is 1.85 bits per heavy atom. The lowest BCUT2D eigenvalue weighted by Crippen LogP contribution is -2.24. The van der Waals surface area contributed by atoms with Crippen molar-refractivity contribution in [2.24, 2.45) is 4.99 Å². The van der Waals surface area contributed by atoms with E-state index in [-0.39, 0.29) is 5.41 Å². The number of benzene rings is 3. The molecule has 3 aromatic rings. The van der Waals surface area contributed by atoms with Gasteiger partial charge in [0, 0.05) is 11.5 Å². The van der Waals surface area contributed by atoms with Gasteiger partial charge in [-0.05, 0) is 40.1 Å². The quantitative estimate of drug-likeness (QED) is 0.427. The summed E-state index contributed by atoms with van der Waals surface area (Å²) >= 11 is 0. The Labute approximate surface area is 155 Å². The van der Waals surface area contributed by atoms with Crippen LogP contribution in [0.15, 0.2) is 65.7 Å². The van der Waals surface area contributed by atoms with E-state index in [9.17, 15) is 14.5 Å². The molecule has 1 aliphatic heterocycles. The van der Waals surface area contributed by atoms with Crippen LogP contribution in [0.1, 0.15) is 25.0 Å². The van der Waals surface area contributed by atoms with E-state index in [1.807, 2.05) is 24.3 Å². The van der Waals surface area contributed by atoms with Crippen molar-refractivity contribution in [1.29, 1.82) is 0 Å². The molecule has 4 nitrogen and oxygen atoms in total. The summed E-state index contributed by atoms with van der Waals surface area (Å²) in [5.74, 6) is -0.838. The Balaban J connectivity index is 1.73. The SMILES string of the molecule is CC1(C)C(/C=C/c2ccc(F)c([N+](=O)[O-])c2)=Nc2ccc3ccccc3c21. The van der Waals surface area contributed by atoms with E-state index >= 15 is 0 Å². The molecule has 0 atom stereocenters. The first-order valence-corrected chi connectivity index (χ1v) is 8.61. The van der Waals surface area contributed by atoms with Crippen molar-refractivity contribution < 1.29 is 9.31 Å². The summed E-state index contributed by atoms with van der Waals surface area (Å²) in [5, 5.41) is 13.3. The van der Waals surface area contributed by atoms with Gasteiger partial charge in [0.1, 0.15) is 0 Å². The van der Waals surface area contributed by atoms with Crippen molar-refractivity contribution in [2.75, 3.05) is 0 Å². The van der Waals surface area contributed by atoms with Crippen LogP contribution in [0.3, 0.4) is 0 Å². The number of fused-ring (bicyclic) bond motifs is 3. The fourth-order valence-electron chi connectivity index (χ4n) is 3.60. The molecular formula is C22H17FN2O2. The maximum Gasteiger partial charge on any atom is 0.305 e. The first-order chi connectivity index (χ1) is 12.9. The highest BCUT2D eigenvalue weighted by Crippen LogP contribution is 2.44. The third kappa shape index (κ3) is 2.81. The van der Waals surface area contributed by atoms with Gasteiger partial charge in [-0.3, -0.25) is 15.1 Å². The van der Waals surface area contributed by atoms with E-state index in [2.05, 4.69) is 32.0 Å². The molecule has 0 radical (unpaired) electrons. The Morgan fingerprint density at radius 3 is 2.63 bits per heavy atom. The molecule has 5 heteroatoms. The van der Waals surface area contributed by atoms with Gasteiger partial charge in [0.05, 0.1) is 16.3 Å². The van der Waals surface area contributed by atoms with E-state index < -0.39 is 16.4 Å². The van der Waals surface area contributed by atoms with E-state index in [1.54, 1.807) is 6.08 Å². The molecule has 0 N–H and O–H groups in total. The molecule has 0 amide bonds. The first kappa shape index (κ1) is 17.1. The third-order valence-corrected chi connectivity index (χ3v) is 5.01. The summed E-state index contributed by atoms with van der Waals surface area (Å²) in [6, 6.07) is 16.2. The molecule has 0 spiro atoms. The standard InChI is InChI=1S/C22H17FN2O2/c1-22(2)20(12-8-14-7-10-17(23)19(13-14)25(26)27)24-18-11-9-15-5-3-4-6-16(15)21(18)22/h3-13H,1-2H3/b12-8+. The van der Waals surface area contributed by atoms with Gasteiger partial charge in [0.2, 0.25) is 5.82 Å². The number of rotatable bonds is 3. The van der Waals surface area contributed by atoms with Gasteiger partial charge in [-0.15, -0.1) is 0 Å². The third-order valence-electron chi connectivity index (χ3n) is 5.01. The highest BCUT2D eigenvalue weighted by atomic mass is 19.1. The van der Waals surface area contributed by atoms with Gasteiger partial charge in [0.25, 0.3) is 0 Å². The molecule has 1 aliphatic rings. The van der Waals surface area contributed by atoms with Gasteiger partial charge in [0.15, 0.2) is 0 Å². The molecule has 0 saturated heterocycles. The van der Waals surface area contributed by atoms with Crippen LogP contribution < -0.4 is 0 Å². The predicted octanol–water partition coefficient (Wildman–Crippen LogP) is 5.96. The number of halogens is 1. The molecule has 134 valence electrons. The van der Waals surface area contributed by atoms with Crippen molar-refractivity contribution in [3.63, 3.8) is 0 Å². The molecule has 27 heavy (non-hydrogen) atoms. The molecule has 0 unspecified atom stereocenters. The molecular weight excluding hydrogens is 343 g/mol. The van der Waals surface area contributed by atoms with Gasteiger partial charge in [-0.25, -0.2) is 0 Å². The molecule has 0 aliphatic carbocycles. The number of nitrogens with zero attached hydrogens (tertiary/aromatic N) is 2. The van der Waals surface area contributed by atoms with Crippen LogP contribution in [-0.2, 0) is 5.41 Å². The monoisotopic (exact) mass is 360 g/mol. The second-order valence-corrected chi connectivity index (χ2v) is 7.10. The number of allylic oxidation sites excluding steroid dienone is 1. The van der Waals surface area contributed by atoms with E-state index in [4.69, 9.17) is 4.99 Å². The van der Waals surface area contributed by atoms with Gasteiger partial charge >= 0.3 is 5.69 Å². The van der Waals surface area contributed by atoms with Crippen molar-refractivity contribution in [2.45, 2.75) is 19.3 Å². The summed E-state index contributed by atoms with van der Waals surface area (Å²) in [7, 11) is 0. The Morgan fingerprint density at radius 1 is 1.07 bits per heavy atom. The van der Waals surface area contributed by atoms with E-state index in [0.717, 1.165) is 17.5 Å². The molecule has 0 saturated carbocycles. The number of nitro benzene ring substituents is 1. The first-order valence-electron chi connectivity index (χ1n) is 8.61.